The summed E-state index contributed by atoms with van der Waals surface area (Å²) >= 11 is 0. The van der Waals surface area contributed by atoms with Gasteiger partial charge >= 0.3 is 0 Å². The third kappa shape index (κ3) is 3.48. The van der Waals surface area contributed by atoms with Crippen LogP contribution in [0.25, 0.3) is 0 Å². The summed E-state index contributed by atoms with van der Waals surface area (Å²) in [5, 5.41) is 0. The number of nitrogens with zero attached hydrogens (tertiary/aromatic N) is 1. The molecule has 1 aromatic heterocycles. The van der Waals surface area contributed by atoms with Crippen LogP contribution in [0.4, 0.5) is 5.69 Å². The van der Waals surface area contributed by atoms with Gasteiger partial charge in [-0.2, -0.15) is 0 Å². The van der Waals surface area contributed by atoms with E-state index in [-0.39, 0.29) is 4.90 Å². The molecule has 0 bridgehead atoms. The smallest absolute Gasteiger partial charge is 0.262 e. The molecule has 23 heavy (non-hydrogen) atoms. The van der Waals surface area contributed by atoms with Gasteiger partial charge in [-0.15, -0.1) is 0 Å². The molecule has 2 aromatic rings. The molecule has 7 nitrogen and oxygen atoms in total. The Labute approximate surface area is 134 Å². The van der Waals surface area contributed by atoms with Crippen molar-refractivity contribution in [3.63, 3.8) is 0 Å². The lowest BCUT2D eigenvalue weighted by Crippen LogP contribution is -2.13. The molecule has 0 spiro atoms. The summed E-state index contributed by atoms with van der Waals surface area (Å²) in [7, 11) is -2.25. The summed E-state index contributed by atoms with van der Waals surface area (Å²) in [5.41, 5.74) is 0.345. The van der Waals surface area contributed by atoms with Crippen molar-refractivity contribution in [2.45, 2.75) is 11.3 Å². The molecule has 8 heteroatoms. The van der Waals surface area contributed by atoms with Crippen molar-refractivity contribution >= 4 is 15.7 Å². The number of pyridine rings is 1. The first-order valence-corrected chi connectivity index (χ1v) is 8.49. The van der Waals surface area contributed by atoms with Crippen molar-refractivity contribution in [2.75, 3.05) is 25.0 Å². The van der Waals surface area contributed by atoms with Crippen LogP contribution in [0.15, 0.2) is 41.4 Å². The van der Waals surface area contributed by atoms with Crippen molar-refractivity contribution in [1.29, 1.82) is 0 Å². The van der Waals surface area contributed by atoms with Crippen molar-refractivity contribution < 1.29 is 22.6 Å². The molecule has 0 unspecified atom stereocenters. The van der Waals surface area contributed by atoms with Crippen LogP contribution in [0, 0.1) is 0 Å². The number of hydrogen-bond donors (Lipinski definition) is 1. The summed E-state index contributed by atoms with van der Waals surface area (Å²) in [5.74, 6) is 1.38. The molecular weight excluding hydrogens is 320 g/mol. The number of hydrogen-bond acceptors (Lipinski definition) is 6. The molecule has 1 aliphatic heterocycles. The van der Waals surface area contributed by atoms with Crippen molar-refractivity contribution in [3.8, 4) is 17.4 Å². The summed E-state index contributed by atoms with van der Waals surface area (Å²) in [6.45, 7) is 1.04. The number of sulfonamides is 1. The Bertz CT molecular complexity index is 790. The Hall–Kier alpha value is -2.48. The number of rotatable bonds is 4. The maximum absolute atomic E-state index is 12.5. The van der Waals surface area contributed by atoms with E-state index in [1.165, 1.54) is 25.4 Å². The fraction of sp³-hybridized carbons (Fsp3) is 0.267. The largest absolute Gasteiger partial charge is 0.490 e. The van der Waals surface area contributed by atoms with E-state index in [4.69, 9.17) is 14.2 Å². The zero-order valence-electron chi connectivity index (χ0n) is 12.5. The minimum Gasteiger partial charge on any atom is -0.490 e. The zero-order valence-corrected chi connectivity index (χ0v) is 13.3. The topological polar surface area (TPSA) is 86.8 Å². The quantitative estimate of drug-likeness (QED) is 0.919. The van der Waals surface area contributed by atoms with E-state index >= 15 is 0 Å². The van der Waals surface area contributed by atoms with Crippen LogP contribution < -0.4 is 18.9 Å². The molecule has 1 N–H and O–H groups in total. The Morgan fingerprint density at radius 3 is 2.61 bits per heavy atom. The zero-order chi connectivity index (χ0) is 16.3. The van der Waals surface area contributed by atoms with Gasteiger partial charge in [0, 0.05) is 18.6 Å². The van der Waals surface area contributed by atoms with E-state index in [0.717, 1.165) is 6.42 Å². The first kappa shape index (κ1) is 15.4. The second-order valence-corrected chi connectivity index (χ2v) is 6.54. The Morgan fingerprint density at radius 2 is 1.91 bits per heavy atom. The van der Waals surface area contributed by atoms with Gasteiger partial charge in [-0.3, -0.25) is 4.72 Å². The van der Waals surface area contributed by atoms with Gasteiger partial charge in [0.2, 0.25) is 5.88 Å². The van der Waals surface area contributed by atoms with Crippen LogP contribution in [0.1, 0.15) is 6.42 Å². The molecule has 0 saturated carbocycles. The molecule has 1 aromatic carbocycles. The van der Waals surface area contributed by atoms with E-state index in [1.54, 1.807) is 18.2 Å². The lowest BCUT2D eigenvalue weighted by atomic mass is 10.3. The fourth-order valence-corrected chi connectivity index (χ4v) is 3.14. The summed E-state index contributed by atoms with van der Waals surface area (Å²) in [6.07, 6.45) is 2.14. The van der Waals surface area contributed by atoms with Crippen molar-refractivity contribution in [1.82, 2.24) is 4.98 Å². The molecule has 0 saturated heterocycles. The van der Waals surface area contributed by atoms with Crippen molar-refractivity contribution in [2.24, 2.45) is 0 Å². The number of ether oxygens (including phenoxy) is 3. The minimum atomic E-state index is -3.74. The number of aromatic nitrogens is 1. The SMILES string of the molecule is COc1ccc(NS(=O)(=O)c2ccc3c(c2)OCCCO3)cn1. The van der Waals surface area contributed by atoms with Crippen LogP contribution in [-0.2, 0) is 10.0 Å². The lowest BCUT2D eigenvalue weighted by molar-refractivity contribution is 0.297. The number of fused-ring (bicyclic) bond motifs is 1. The fourth-order valence-electron chi connectivity index (χ4n) is 2.09. The monoisotopic (exact) mass is 336 g/mol. The van der Waals surface area contributed by atoms with Gasteiger partial charge in [0.1, 0.15) is 0 Å². The van der Waals surface area contributed by atoms with Gasteiger partial charge in [0.05, 0.1) is 37.1 Å². The highest BCUT2D eigenvalue weighted by Gasteiger charge is 2.19. The third-order valence-corrected chi connectivity index (χ3v) is 4.61. The highest BCUT2D eigenvalue weighted by atomic mass is 32.2. The van der Waals surface area contributed by atoms with Gasteiger partial charge < -0.3 is 14.2 Å². The molecule has 0 amide bonds. The van der Waals surface area contributed by atoms with Crippen LogP contribution in [-0.4, -0.2) is 33.7 Å². The van der Waals surface area contributed by atoms with E-state index in [2.05, 4.69) is 9.71 Å². The number of methoxy groups -OCH3 is 1. The molecule has 1 aliphatic rings. The van der Waals surface area contributed by atoms with E-state index < -0.39 is 10.0 Å². The predicted octanol–water partition coefficient (Wildman–Crippen LogP) is 2.05. The molecule has 0 radical (unpaired) electrons. The lowest BCUT2D eigenvalue weighted by Gasteiger charge is -2.11. The third-order valence-electron chi connectivity index (χ3n) is 3.23. The Morgan fingerprint density at radius 1 is 1.13 bits per heavy atom. The predicted molar refractivity (Wildman–Crippen MR) is 83.6 cm³/mol. The molecular formula is C15H16N2O5S. The van der Waals surface area contributed by atoms with Gasteiger partial charge in [0.15, 0.2) is 11.5 Å². The molecule has 0 fully saturated rings. The maximum atomic E-state index is 12.5. The number of benzene rings is 1. The summed E-state index contributed by atoms with van der Waals surface area (Å²) in [6, 6.07) is 7.69. The van der Waals surface area contributed by atoms with Crippen molar-refractivity contribution in [3.05, 3.63) is 36.5 Å². The molecule has 0 aliphatic carbocycles. The van der Waals surface area contributed by atoms with E-state index in [1.807, 2.05) is 0 Å². The Kier molecular flexibility index (Phi) is 4.24. The Balaban J connectivity index is 1.85. The standard InChI is InChI=1S/C15H16N2O5S/c1-20-15-6-3-11(10-16-15)17-23(18,19)12-4-5-13-14(9-12)22-8-2-7-21-13/h3-6,9-10,17H,2,7-8H2,1H3. The average molecular weight is 336 g/mol. The molecule has 2 heterocycles. The average Bonchev–Trinajstić information content (AvgIpc) is 2.80. The highest BCUT2D eigenvalue weighted by Crippen LogP contribution is 2.32. The molecule has 3 rings (SSSR count). The van der Waals surface area contributed by atoms with Crippen LogP contribution in [0.5, 0.6) is 17.4 Å². The highest BCUT2D eigenvalue weighted by molar-refractivity contribution is 7.92. The normalized spacial score (nSPS) is 14.0. The molecule has 0 atom stereocenters. The van der Waals surface area contributed by atoms with Gasteiger partial charge in [0.25, 0.3) is 10.0 Å². The molecule has 122 valence electrons. The minimum absolute atomic E-state index is 0.0950. The van der Waals surface area contributed by atoms with Crippen LogP contribution in [0.3, 0.4) is 0 Å². The van der Waals surface area contributed by atoms with E-state index in [9.17, 15) is 8.42 Å². The van der Waals surface area contributed by atoms with Gasteiger partial charge in [-0.25, -0.2) is 13.4 Å². The van der Waals surface area contributed by atoms with Gasteiger partial charge in [-0.1, -0.05) is 0 Å². The summed E-state index contributed by atoms with van der Waals surface area (Å²) < 4.78 is 43.3. The number of anilines is 1. The summed E-state index contributed by atoms with van der Waals surface area (Å²) in [4.78, 5) is 4.06. The maximum Gasteiger partial charge on any atom is 0.262 e. The van der Waals surface area contributed by atoms with Gasteiger partial charge in [-0.05, 0) is 18.2 Å². The second kappa shape index (κ2) is 6.33. The first-order chi connectivity index (χ1) is 11.1. The van der Waals surface area contributed by atoms with E-state index in [0.29, 0.717) is 36.3 Å². The number of nitrogens with one attached hydrogen (secondary N) is 1. The first-order valence-electron chi connectivity index (χ1n) is 7.01. The van der Waals surface area contributed by atoms with Crippen LogP contribution in [0.2, 0.25) is 0 Å². The van der Waals surface area contributed by atoms with Crippen LogP contribution >= 0.6 is 0 Å². The second-order valence-electron chi connectivity index (χ2n) is 4.85.